The molecule has 62 valence electrons. The van der Waals surface area contributed by atoms with Crippen molar-refractivity contribution >= 4 is 17.1 Å². The minimum absolute atomic E-state index is 0.913. The molecule has 0 fully saturated rings. The Labute approximate surface area is 78.9 Å². The molecule has 0 aliphatic heterocycles. The lowest BCUT2D eigenvalue weighted by Crippen LogP contribution is -1.94. The summed E-state index contributed by atoms with van der Waals surface area (Å²) in [6.07, 6.45) is 3.92. The van der Waals surface area contributed by atoms with Crippen LogP contribution in [0.4, 0.5) is 0 Å². The topological polar surface area (TPSA) is 0 Å². The van der Waals surface area contributed by atoms with Crippen LogP contribution in [0.25, 0.3) is 0 Å². The Bertz CT molecular complexity index is 311. The van der Waals surface area contributed by atoms with Crippen molar-refractivity contribution in [2.75, 3.05) is 0 Å². The Kier molecular flexibility index (Phi) is 3.18. The van der Waals surface area contributed by atoms with Gasteiger partial charge in [0, 0.05) is 4.86 Å². The number of aryl methyl sites for hydroxylation is 1. The van der Waals surface area contributed by atoms with E-state index < -0.39 is 0 Å². The van der Waals surface area contributed by atoms with Crippen molar-refractivity contribution in [1.82, 2.24) is 0 Å². The maximum Gasteiger partial charge on any atom is 0.0448 e. The van der Waals surface area contributed by atoms with Crippen molar-refractivity contribution in [2.45, 2.75) is 13.8 Å². The molecule has 0 saturated heterocycles. The molecule has 0 spiro atoms. The predicted octanol–water partition coefficient (Wildman–Crippen LogP) is 3.29. The van der Waals surface area contributed by atoms with Crippen LogP contribution in [-0.2, 0) is 0 Å². The molecule has 1 aromatic carbocycles. The molecule has 0 unspecified atom stereocenters. The summed E-state index contributed by atoms with van der Waals surface area (Å²) in [5, 5.41) is 0. The lowest BCUT2D eigenvalue weighted by molar-refractivity contribution is 1.45. The summed E-state index contributed by atoms with van der Waals surface area (Å²) in [7, 11) is 0. The first-order valence-corrected chi connectivity index (χ1v) is 4.39. The van der Waals surface area contributed by atoms with Gasteiger partial charge in [0.1, 0.15) is 0 Å². The van der Waals surface area contributed by atoms with E-state index in [2.05, 4.69) is 19.1 Å². The SMILES string of the molecule is C/C=C\C(=S)c1ccccc1C. The normalized spacial score (nSPS) is 10.5. The Balaban J connectivity index is 3.03. The molecule has 1 rings (SSSR count). The van der Waals surface area contributed by atoms with Crippen molar-refractivity contribution in [3.8, 4) is 0 Å². The van der Waals surface area contributed by atoms with Crippen molar-refractivity contribution in [3.63, 3.8) is 0 Å². The summed E-state index contributed by atoms with van der Waals surface area (Å²) in [5.74, 6) is 0. The zero-order chi connectivity index (χ0) is 8.97. The molecule has 1 heteroatoms. The molecular formula is C11H12S. The van der Waals surface area contributed by atoms with Gasteiger partial charge in [-0.25, -0.2) is 0 Å². The summed E-state index contributed by atoms with van der Waals surface area (Å²) in [6, 6.07) is 8.16. The number of rotatable bonds is 2. The number of benzene rings is 1. The predicted molar refractivity (Wildman–Crippen MR) is 57.7 cm³/mol. The van der Waals surface area contributed by atoms with Crippen LogP contribution in [0.2, 0.25) is 0 Å². The monoisotopic (exact) mass is 176 g/mol. The highest BCUT2D eigenvalue weighted by Crippen LogP contribution is 2.09. The van der Waals surface area contributed by atoms with Crippen LogP contribution in [0, 0.1) is 6.92 Å². The molecule has 0 saturated carbocycles. The summed E-state index contributed by atoms with van der Waals surface area (Å²) in [6.45, 7) is 4.05. The molecule has 0 aromatic heterocycles. The lowest BCUT2D eigenvalue weighted by Gasteiger charge is -2.01. The van der Waals surface area contributed by atoms with Crippen LogP contribution in [0.3, 0.4) is 0 Å². The highest BCUT2D eigenvalue weighted by atomic mass is 32.1. The van der Waals surface area contributed by atoms with E-state index in [4.69, 9.17) is 12.2 Å². The zero-order valence-electron chi connectivity index (χ0n) is 7.37. The summed E-state index contributed by atoms with van der Waals surface area (Å²) in [4.78, 5) is 0.913. The number of thiocarbonyl (C=S) groups is 1. The minimum atomic E-state index is 0.913. The smallest absolute Gasteiger partial charge is 0.0448 e. The maximum atomic E-state index is 5.22. The van der Waals surface area contributed by atoms with Crippen LogP contribution < -0.4 is 0 Å². The van der Waals surface area contributed by atoms with Crippen molar-refractivity contribution in [3.05, 3.63) is 47.5 Å². The van der Waals surface area contributed by atoms with Gasteiger partial charge in [0.25, 0.3) is 0 Å². The van der Waals surface area contributed by atoms with Crippen molar-refractivity contribution in [1.29, 1.82) is 0 Å². The third-order valence-electron chi connectivity index (χ3n) is 1.73. The molecule has 1 aromatic rings. The van der Waals surface area contributed by atoms with Gasteiger partial charge in [0.05, 0.1) is 0 Å². The van der Waals surface area contributed by atoms with E-state index in [1.807, 2.05) is 31.2 Å². The first kappa shape index (κ1) is 9.14. The largest absolute Gasteiger partial charge is 0.0862 e. The fourth-order valence-corrected chi connectivity index (χ4v) is 1.46. The van der Waals surface area contributed by atoms with E-state index in [1.165, 1.54) is 5.56 Å². The summed E-state index contributed by atoms with van der Waals surface area (Å²) < 4.78 is 0. The standard InChI is InChI=1S/C11H12S/c1-3-6-11(12)10-8-5-4-7-9(10)2/h3-8H,1-2H3/b6-3-. The van der Waals surface area contributed by atoms with Gasteiger partial charge >= 0.3 is 0 Å². The van der Waals surface area contributed by atoms with Gasteiger partial charge < -0.3 is 0 Å². The molecule has 12 heavy (non-hydrogen) atoms. The fourth-order valence-electron chi connectivity index (χ4n) is 1.09. The van der Waals surface area contributed by atoms with Crippen LogP contribution in [0.15, 0.2) is 36.4 Å². The average Bonchev–Trinajstić information content (AvgIpc) is 2.05. The maximum absolute atomic E-state index is 5.22. The van der Waals surface area contributed by atoms with Gasteiger partial charge in [0.15, 0.2) is 0 Å². The number of allylic oxidation sites excluding steroid dienone is 2. The highest BCUT2D eigenvalue weighted by Gasteiger charge is 1.98. The molecule has 0 amide bonds. The Morgan fingerprint density at radius 2 is 2.00 bits per heavy atom. The van der Waals surface area contributed by atoms with Crippen LogP contribution >= 0.6 is 12.2 Å². The summed E-state index contributed by atoms with van der Waals surface area (Å²) in [5.41, 5.74) is 2.39. The van der Waals surface area contributed by atoms with E-state index in [-0.39, 0.29) is 0 Å². The van der Waals surface area contributed by atoms with E-state index in [9.17, 15) is 0 Å². The van der Waals surface area contributed by atoms with Crippen molar-refractivity contribution in [2.24, 2.45) is 0 Å². The molecule has 0 aliphatic carbocycles. The van der Waals surface area contributed by atoms with Gasteiger partial charge in [-0.3, -0.25) is 0 Å². The average molecular weight is 176 g/mol. The Hall–Kier alpha value is -0.950. The first-order valence-electron chi connectivity index (χ1n) is 3.98. The summed E-state index contributed by atoms with van der Waals surface area (Å²) >= 11 is 5.22. The minimum Gasteiger partial charge on any atom is -0.0862 e. The van der Waals surface area contributed by atoms with Crippen molar-refractivity contribution < 1.29 is 0 Å². The van der Waals surface area contributed by atoms with E-state index in [0.29, 0.717) is 0 Å². The van der Waals surface area contributed by atoms with Crippen LogP contribution in [0.1, 0.15) is 18.1 Å². The zero-order valence-corrected chi connectivity index (χ0v) is 8.19. The quantitative estimate of drug-likeness (QED) is 0.378. The Morgan fingerprint density at radius 3 is 2.58 bits per heavy atom. The van der Waals surface area contributed by atoms with E-state index >= 15 is 0 Å². The second-order valence-corrected chi connectivity index (χ2v) is 3.12. The number of hydrogen-bond acceptors (Lipinski definition) is 1. The van der Waals surface area contributed by atoms with Crippen LogP contribution in [-0.4, -0.2) is 4.86 Å². The highest BCUT2D eigenvalue weighted by molar-refractivity contribution is 7.81. The molecule has 0 atom stereocenters. The second-order valence-electron chi connectivity index (χ2n) is 2.68. The van der Waals surface area contributed by atoms with Gasteiger partial charge in [-0.05, 0) is 31.1 Å². The van der Waals surface area contributed by atoms with Gasteiger partial charge in [-0.15, -0.1) is 0 Å². The third-order valence-corrected chi connectivity index (χ3v) is 2.08. The van der Waals surface area contributed by atoms with Gasteiger partial charge in [-0.1, -0.05) is 42.6 Å². The molecular weight excluding hydrogens is 164 g/mol. The van der Waals surface area contributed by atoms with Crippen LogP contribution in [0.5, 0.6) is 0 Å². The van der Waals surface area contributed by atoms with Gasteiger partial charge in [-0.2, -0.15) is 0 Å². The molecule has 0 bridgehead atoms. The van der Waals surface area contributed by atoms with E-state index in [1.54, 1.807) is 0 Å². The number of hydrogen-bond donors (Lipinski definition) is 0. The molecule has 0 aliphatic rings. The third kappa shape index (κ3) is 2.02. The Morgan fingerprint density at radius 1 is 1.33 bits per heavy atom. The molecule has 0 heterocycles. The molecule has 0 N–H and O–H groups in total. The van der Waals surface area contributed by atoms with E-state index in [0.717, 1.165) is 10.4 Å². The molecule has 0 radical (unpaired) electrons. The van der Waals surface area contributed by atoms with Gasteiger partial charge in [0.2, 0.25) is 0 Å². The lowest BCUT2D eigenvalue weighted by atomic mass is 10.1. The first-order chi connectivity index (χ1) is 5.75. The second kappa shape index (κ2) is 4.17. The fraction of sp³-hybridized carbons (Fsp3) is 0.182. The molecule has 0 nitrogen and oxygen atoms in total.